The number of carbonyl (C=O) groups is 1. The Labute approximate surface area is 150 Å². The van der Waals surface area contributed by atoms with Crippen LogP contribution >= 0.6 is 0 Å². The van der Waals surface area contributed by atoms with Gasteiger partial charge in [0.25, 0.3) is 0 Å². The normalized spacial score (nSPS) is 11.4. The molecule has 0 saturated heterocycles. The lowest BCUT2D eigenvalue weighted by atomic mass is 10.1. The fraction of sp³-hybridized carbons (Fsp3) is 0.105. The first kappa shape index (κ1) is 17.9. The van der Waals surface area contributed by atoms with Crippen molar-refractivity contribution in [1.82, 2.24) is 0 Å². The van der Waals surface area contributed by atoms with Crippen molar-refractivity contribution in [2.24, 2.45) is 0 Å². The average Bonchev–Trinajstić information content (AvgIpc) is 2.65. The molecule has 0 saturated carbocycles. The minimum Gasteiger partial charge on any atom is -0.478 e. The van der Waals surface area contributed by atoms with Crippen LogP contribution in [-0.4, -0.2) is 31.9 Å². The SMILES string of the molecule is O=C(O)c1ccccc1OOCCS(=O)(=O)c1cccc2ccccc12. The van der Waals surface area contributed by atoms with Crippen molar-refractivity contribution in [3.63, 3.8) is 0 Å². The van der Waals surface area contributed by atoms with Gasteiger partial charge in [-0.15, -0.1) is 0 Å². The van der Waals surface area contributed by atoms with Crippen LogP contribution in [0.1, 0.15) is 10.4 Å². The third-order valence-corrected chi connectivity index (χ3v) is 5.52. The van der Waals surface area contributed by atoms with E-state index < -0.39 is 15.8 Å². The molecule has 3 aromatic rings. The molecule has 0 aliphatic heterocycles. The Hall–Kier alpha value is -2.90. The zero-order valence-electron chi connectivity index (χ0n) is 13.7. The minimum absolute atomic E-state index is 0.0163. The van der Waals surface area contributed by atoms with E-state index in [0.29, 0.717) is 5.39 Å². The van der Waals surface area contributed by atoms with Crippen LogP contribution in [0.5, 0.6) is 5.75 Å². The maximum atomic E-state index is 12.6. The predicted octanol–water partition coefficient (Wildman–Crippen LogP) is 3.32. The van der Waals surface area contributed by atoms with Gasteiger partial charge in [-0.25, -0.2) is 13.2 Å². The van der Waals surface area contributed by atoms with Gasteiger partial charge >= 0.3 is 5.97 Å². The maximum absolute atomic E-state index is 12.6. The van der Waals surface area contributed by atoms with Crippen LogP contribution in [0.3, 0.4) is 0 Å². The Balaban J connectivity index is 1.69. The summed E-state index contributed by atoms with van der Waals surface area (Å²) in [7, 11) is -3.59. The molecule has 6 nitrogen and oxygen atoms in total. The van der Waals surface area contributed by atoms with Gasteiger partial charge in [0.1, 0.15) is 12.2 Å². The number of fused-ring (bicyclic) bond motifs is 1. The van der Waals surface area contributed by atoms with Gasteiger partial charge in [0.15, 0.2) is 15.6 Å². The molecule has 0 amide bonds. The van der Waals surface area contributed by atoms with E-state index in [1.807, 2.05) is 18.2 Å². The fourth-order valence-electron chi connectivity index (χ4n) is 2.54. The molecule has 3 aromatic carbocycles. The molecule has 0 radical (unpaired) electrons. The first-order valence-corrected chi connectivity index (χ1v) is 9.46. The molecule has 7 heteroatoms. The number of benzene rings is 3. The van der Waals surface area contributed by atoms with Gasteiger partial charge < -0.3 is 9.99 Å². The van der Waals surface area contributed by atoms with Crippen molar-refractivity contribution in [3.05, 3.63) is 72.3 Å². The largest absolute Gasteiger partial charge is 0.478 e. The van der Waals surface area contributed by atoms with Gasteiger partial charge in [-0.2, -0.15) is 4.89 Å². The van der Waals surface area contributed by atoms with Crippen molar-refractivity contribution < 1.29 is 28.1 Å². The van der Waals surface area contributed by atoms with Crippen LogP contribution in [0, 0.1) is 0 Å². The van der Waals surface area contributed by atoms with Crippen LogP contribution in [0.2, 0.25) is 0 Å². The molecule has 0 aliphatic carbocycles. The topological polar surface area (TPSA) is 89.9 Å². The first-order chi connectivity index (χ1) is 12.5. The lowest BCUT2D eigenvalue weighted by Crippen LogP contribution is -2.15. The second-order valence-corrected chi connectivity index (χ2v) is 7.58. The standard InChI is InChI=1S/C19H16O6S/c20-19(21)16-9-3-4-10-17(16)25-24-12-13-26(22,23)18-11-5-7-14-6-1-2-8-15(14)18/h1-11H,12-13H2,(H,20,21). The number of carboxylic acid groups (broad SMARTS) is 1. The molecule has 0 atom stereocenters. The van der Waals surface area contributed by atoms with Gasteiger partial charge in [-0.05, 0) is 23.6 Å². The summed E-state index contributed by atoms with van der Waals surface area (Å²) in [5.74, 6) is -1.44. The molecule has 0 bridgehead atoms. The predicted molar refractivity (Wildman–Crippen MR) is 96.0 cm³/mol. The van der Waals surface area contributed by atoms with Crippen LogP contribution in [0.25, 0.3) is 10.8 Å². The number of rotatable bonds is 7. The van der Waals surface area contributed by atoms with Gasteiger partial charge in [0, 0.05) is 5.39 Å². The van der Waals surface area contributed by atoms with Gasteiger partial charge in [-0.3, -0.25) is 0 Å². The average molecular weight is 372 g/mol. The smallest absolute Gasteiger partial charge is 0.339 e. The van der Waals surface area contributed by atoms with E-state index in [1.54, 1.807) is 36.4 Å². The van der Waals surface area contributed by atoms with E-state index in [4.69, 9.17) is 14.9 Å². The molecule has 1 N–H and O–H groups in total. The van der Waals surface area contributed by atoms with E-state index in [1.165, 1.54) is 12.1 Å². The summed E-state index contributed by atoms with van der Waals surface area (Å²) >= 11 is 0. The van der Waals surface area contributed by atoms with E-state index >= 15 is 0 Å². The van der Waals surface area contributed by atoms with E-state index in [9.17, 15) is 13.2 Å². The lowest BCUT2D eigenvalue weighted by molar-refractivity contribution is -0.201. The summed E-state index contributed by atoms with van der Waals surface area (Å²) in [4.78, 5) is 21.2. The van der Waals surface area contributed by atoms with E-state index in [2.05, 4.69) is 0 Å². The summed E-state index contributed by atoms with van der Waals surface area (Å²) in [5, 5.41) is 10.5. The van der Waals surface area contributed by atoms with Crippen LogP contribution in [0.15, 0.2) is 71.6 Å². The third kappa shape index (κ3) is 3.84. The molecular weight excluding hydrogens is 356 g/mol. The fourth-order valence-corrected chi connectivity index (χ4v) is 3.86. The number of para-hydroxylation sites is 1. The molecule has 0 unspecified atom stereocenters. The Kier molecular flexibility index (Phi) is 5.20. The summed E-state index contributed by atoms with van der Waals surface area (Å²) < 4.78 is 25.2. The van der Waals surface area contributed by atoms with E-state index in [-0.39, 0.29) is 28.6 Å². The highest BCUT2D eigenvalue weighted by Crippen LogP contribution is 2.24. The van der Waals surface area contributed by atoms with Crippen molar-refractivity contribution in [2.45, 2.75) is 4.90 Å². The maximum Gasteiger partial charge on any atom is 0.339 e. The zero-order valence-corrected chi connectivity index (χ0v) is 14.5. The monoisotopic (exact) mass is 372 g/mol. The Morgan fingerprint density at radius 1 is 0.923 bits per heavy atom. The van der Waals surface area contributed by atoms with Crippen molar-refractivity contribution in [2.75, 3.05) is 12.4 Å². The van der Waals surface area contributed by atoms with Crippen LogP contribution in [-0.2, 0) is 14.7 Å². The molecule has 0 fully saturated rings. The molecule has 0 heterocycles. The Bertz CT molecular complexity index is 1040. The van der Waals surface area contributed by atoms with Crippen LogP contribution < -0.4 is 4.89 Å². The molecular formula is C19H16O6S. The quantitative estimate of drug-likeness (QED) is 0.389. The second kappa shape index (κ2) is 7.55. The summed E-state index contributed by atoms with van der Waals surface area (Å²) in [6.45, 7) is -0.237. The Morgan fingerprint density at radius 3 is 2.42 bits per heavy atom. The minimum atomic E-state index is -3.59. The van der Waals surface area contributed by atoms with Gasteiger partial charge in [0.2, 0.25) is 0 Å². The third-order valence-electron chi connectivity index (χ3n) is 3.79. The second-order valence-electron chi connectivity index (χ2n) is 5.50. The van der Waals surface area contributed by atoms with Crippen molar-refractivity contribution in [1.29, 1.82) is 0 Å². The van der Waals surface area contributed by atoms with Crippen molar-refractivity contribution >= 4 is 26.6 Å². The highest BCUT2D eigenvalue weighted by Gasteiger charge is 2.18. The summed E-state index contributed by atoms with van der Waals surface area (Å²) in [5.41, 5.74) is -0.0654. The molecule has 26 heavy (non-hydrogen) atoms. The van der Waals surface area contributed by atoms with Crippen LogP contribution in [0.4, 0.5) is 0 Å². The lowest BCUT2D eigenvalue weighted by Gasteiger charge is -2.09. The van der Waals surface area contributed by atoms with Gasteiger partial charge in [0.05, 0.1) is 10.6 Å². The molecule has 134 valence electrons. The summed E-state index contributed by atoms with van der Waals surface area (Å²) in [6.07, 6.45) is 0. The number of sulfone groups is 1. The molecule has 0 aliphatic rings. The Morgan fingerprint density at radius 2 is 1.62 bits per heavy atom. The van der Waals surface area contributed by atoms with Gasteiger partial charge in [-0.1, -0.05) is 48.5 Å². The van der Waals surface area contributed by atoms with Crippen molar-refractivity contribution in [3.8, 4) is 5.75 Å². The first-order valence-electron chi connectivity index (χ1n) is 7.81. The van der Waals surface area contributed by atoms with E-state index in [0.717, 1.165) is 5.39 Å². The zero-order chi connectivity index (χ0) is 18.6. The number of hydrogen-bond acceptors (Lipinski definition) is 5. The molecule has 0 aromatic heterocycles. The molecule has 0 spiro atoms. The highest BCUT2D eigenvalue weighted by molar-refractivity contribution is 7.91. The number of hydrogen-bond donors (Lipinski definition) is 1. The number of carboxylic acids is 1. The highest BCUT2D eigenvalue weighted by atomic mass is 32.2. The molecule has 3 rings (SSSR count). The summed E-state index contributed by atoms with van der Waals surface area (Å²) in [6, 6.07) is 18.3. The number of aromatic carboxylic acids is 1.